The minimum Gasteiger partial charge on any atom is -0.371 e. The molecule has 0 spiro atoms. The van der Waals surface area contributed by atoms with Crippen LogP contribution < -0.4 is 10.2 Å². The highest BCUT2D eigenvalue weighted by Crippen LogP contribution is 2.23. The Morgan fingerprint density at radius 2 is 2.00 bits per heavy atom. The van der Waals surface area contributed by atoms with Gasteiger partial charge in [-0.2, -0.15) is 0 Å². The van der Waals surface area contributed by atoms with E-state index < -0.39 is 0 Å². The van der Waals surface area contributed by atoms with Crippen LogP contribution in [0.3, 0.4) is 0 Å². The molecule has 0 radical (unpaired) electrons. The van der Waals surface area contributed by atoms with Crippen LogP contribution in [-0.4, -0.2) is 19.0 Å². The summed E-state index contributed by atoms with van der Waals surface area (Å²) < 4.78 is 0. The average molecular weight is 357 g/mol. The largest absolute Gasteiger partial charge is 0.371 e. The Bertz CT molecular complexity index is 714. The average Bonchev–Trinajstić information content (AvgIpc) is 2.60. The topological polar surface area (TPSA) is 32.3 Å². The van der Waals surface area contributed by atoms with Gasteiger partial charge in [-0.1, -0.05) is 42.8 Å². The predicted octanol–water partition coefficient (Wildman–Crippen LogP) is 4.44. The first-order valence-electron chi connectivity index (χ1n) is 8.95. The van der Waals surface area contributed by atoms with Crippen LogP contribution in [0.4, 0.5) is 5.69 Å². The smallest absolute Gasteiger partial charge is 0.224 e. The van der Waals surface area contributed by atoms with Crippen LogP contribution in [-0.2, 0) is 17.8 Å². The molecule has 3 nitrogen and oxygen atoms in total. The third-order valence-electron chi connectivity index (χ3n) is 4.70. The van der Waals surface area contributed by atoms with E-state index in [4.69, 9.17) is 11.6 Å². The van der Waals surface area contributed by atoms with Crippen molar-refractivity contribution in [2.24, 2.45) is 5.92 Å². The molecule has 1 saturated heterocycles. The first-order valence-corrected chi connectivity index (χ1v) is 9.33. The number of benzene rings is 2. The Hall–Kier alpha value is -2.00. The minimum absolute atomic E-state index is 0.0104. The van der Waals surface area contributed by atoms with Crippen molar-refractivity contribution in [2.75, 3.05) is 18.0 Å². The lowest BCUT2D eigenvalue weighted by Crippen LogP contribution is -2.34. The zero-order valence-electron chi connectivity index (χ0n) is 14.7. The Morgan fingerprint density at radius 1 is 1.20 bits per heavy atom. The number of piperidine rings is 1. The van der Waals surface area contributed by atoms with Gasteiger partial charge in [-0.3, -0.25) is 4.79 Å². The number of hydrogen-bond acceptors (Lipinski definition) is 2. The number of amides is 1. The molecule has 0 saturated carbocycles. The number of hydrogen-bond donors (Lipinski definition) is 1. The van der Waals surface area contributed by atoms with Gasteiger partial charge in [0.05, 0.1) is 6.42 Å². The summed E-state index contributed by atoms with van der Waals surface area (Å²) in [5, 5.41) is 3.64. The number of rotatable bonds is 5. The number of halogens is 1. The van der Waals surface area contributed by atoms with Gasteiger partial charge >= 0.3 is 0 Å². The van der Waals surface area contributed by atoms with Crippen molar-refractivity contribution in [3.63, 3.8) is 0 Å². The van der Waals surface area contributed by atoms with Gasteiger partial charge < -0.3 is 10.2 Å². The van der Waals surface area contributed by atoms with E-state index >= 15 is 0 Å². The van der Waals surface area contributed by atoms with Crippen LogP contribution in [0.15, 0.2) is 48.5 Å². The lowest BCUT2D eigenvalue weighted by molar-refractivity contribution is -0.120. The molecule has 0 unspecified atom stereocenters. The van der Waals surface area contributed by atoms with Crippen LogP contribution in [0.2, 0.25) is 5.02 Å². The van der Waals surface area contributed by atoms with Gasteiger partial charge in [0.25, 0.3) is 0 Å². The predicted molar refractivity (Wildman–Crippen MR) is 104 cm³/mol. The maximum Gasteiger partial charge on any atom is 0.224 e. The molecule has 0 aliphatic carbocycles. The lowest BCUT2D eigenvalue weighted by atomic mass is 9.99. The van der Waals surface area contributed by atoms with E-state index in [1.54, 1.807) is 0 Å². The molecule has 3 rings (SSSR count). The zero-order chi connectivity index (χ0) is 17.6. The number of nitrogens with one attached hydrogen (secondary N) is 1. The summed E-state index contributed by atoms with van der Waals surface area (Å²) in [7, 11) is 0. The third kappa shape index (κ3) is 5.23. The second-order valence-corrected chi connectivity index (χ2v) is 7.38. The van der Waals surface area contributed by atoms with Gasteiger partial charge in [0.1, 0.15) is 0 Å². The molecular weight excluding hydrogens is 332 g/mol. The first-order chi connectivity index (χ1) is 12.1. The van der Waals surface area contributed by atoms with Crippen molar-refractivity contribution in [3.05, 3.63) is 64.7 Å². The fraction of sp³-hybridized carbons (Fsp3) is 0.381. The minimum atomic E-state index is 0.0104. The number of carbonyl (C=O) groups excluding carboxylic acids is 1. The molecule has 132 valence electrons. The van der Waals surface area contributed by atoms with Gasteiger partial charge in [0, 0.05) is 30.3 Å². The number of carbonyl (C=O) groups is 1. The molecule has 1 fully saturated rings. The lowest BCUT2D eigenvalue weighted by Gasteiger charge is -2.32. The van der Waals surface area contributed by atoms with Crippen molar-refractivity contribution < 1.29 is 4.79 Å². The molecule has 1 aliphatic heterocycles. The Labute approximate surface area is 155 Å². The van der Waals surface area contributed by atoms with Crippen LogP contribution in [0, 0.1) is 5.92 Å². The quantitative estimate of drug-likeness (QED) is 0.859. The number of nitrogens with zero attached hydrogens (tertiary/aromatic N) is 1. The van der Waals surface area contributed by atoms with Crippen LogP contribution in [0.1, 0.15) is 30.9 Å². The monoisotopic (exact) mass is 356 g/mol. The van der Waals surface area contributed by atoms with Crippen molar-refractivity contribution in [1.82, 2.24) is 5.32 Å². The Morgan fingerprint density at radius 3 is 2.72 bits per heavy atom. The highest BCUT2D eigenvalue weighted by molar-refractivity contribution is 6.30. The van der Waals surface area contributed by atoms with E-state index in [0.29, 0.717) is 18.0 Å². The summed E-state index contributed by atoms with van der Waals surface area (Å²) in [6, 6.07) is 16.0. The highest BCUT2D eigenvalue weighted by Gasteiger charge is 2.16. The van der Waals surface area contributed by atoms with E-state index in [1.165, 1.54) is 18.5 Å². The van der Waals surface area contributed by atoms with E-state index in [2.05, 4.69) is 41.4 Å². The molecule has 1 N–H and O–H groups in total. The SMILES string of the molecule is C[C@@H]1CCCN(c2ccc(CNC(=O)Cc3cccc(Cl)c3)cc2)C1. The molecular formula is C21H25ClN2O. The molecule has 1 amide bonds. The van der Waals surface area contributed by atoms with Crippen molar-refractivity contribution in [2.45, 2.75) is 32.7 Å². The van der Waals surface area contributed by atoms with E-state index in [0.717, 1.165) is 30.1 Å². The number of anilines is 1. The molecule has 25 heavy (non-hydrogen) atoms. The molecule has 2 aromatic rings. The second kappa shape index (κ2) is 8.39. The third-order valence-corrected chi connectivity index (χ3v) is 4.94. The highest BCUT2D eigenvalue weighted by atomic mass is 35.5. The van der Waals surface area contributed by atoms with Crippen LogP contribution in [0.25, 0.3) is 0 Å². The van der Waals surface area contributed by atoms with Crippen molar-refractivity contribution >= 4 is 23.2 Å². The molecule has 2 aromatic carbocycles. The van der Waals surface area contributed by atoms with E-state index in [1.807, 2.05) is 24.3 Å². The fourth-order valence-electron chi connectivity index (χ4n) is 3.34. The van der Waals surface area contributed by atoms with Gasteiger partial charge in [0.15, 0.2) is 0 Å². The van der Waals surface area contributed by atoms with Crippen molar-refractivity contribution in [3.8, 4) is 0 Å². The Balaban J connectivity index is 1.50. The summed E-state index contributed by atoms with van der Waals surface area (Å²) in [5.41, 5.74) is 3.33. The second-order valence-electron chi connectivity index (χ2n) is 6.94. The standard InChI is InChI=1S/C21H25ClN2O/c1-16-4-3-11-24(15-16)20-9-7-17(8-10-20)14-23-21(25)13-18-5-2-6-19(22)12-18/h2,5-10,12,16H,3-4,11,13-15H2,1H3,(H,23,25)/t16-/m1/s1. The molecule has 4 heteroatoms. The molecule has 1 atom stereocenters. The maximum absolute atomic E-state index is 12.1. The fourth-order valence-corrected chi connectivity index (χ4v) is 3.56. The Kier molecular flexibility index (Phi) is 5.98. The summed E-state index contributed by atoms with van der Waals surface area (Å²) in [6.45, 7) is 5.14. The molecule has 1 aliphatic rings. The van der Waals surface area contributed by atoms with Crippen molar-refractivity contribution in [1.29, 1.82) is 0 Å². The molecule has 0 aromatic heterocycles. The maximum atomic E-state index is 12.1. The van der Waals surface area contributed by atoms with Crippen LogP contribution in [0.5, 0.6) is 0 Å². The van der Waals surface area contributed by atoms with E-state index in [9.17, 15) is 4.79 Å². The zero-order valence-corrected chi connectivity index (χ0v) is 15.4. The summed E-state index contributed by atoms with van der Waals surface area (Å²) in [6.07, 6.45) is 2.94. The summed E-state index contributed by atoms with van der Waals surface area (Å²) in [5.74, 6) is 0.774. The molecule has 0 bridgehead atoms. The van der Waals surface area contributed by atoms with Gasteiger partial charge in [0.2, 0.25) is 5.91 Å². The summed E-state index contributed by atoms with van der Waals surface area (Å²) >= 11 is 5.95. The van der Waals surface area contributed by atoms with Gasteiger partial charge in [-0.05, 0) is 54.2 Å². The van der Waals surface area contributed by atoms with E-state index in [-0.39, 0.29) is 5.91 Å². The summed E-state index contributed by atoms with van der Waals surface area (Å²) in [4.78, 5) is 14.5. The van der Waals surface area contributed by atoms with Gasteiger partial charge in [-0.25, -0.2) is 0 Å². The molecule has 1 heterocycles. The normalized spacial score (nSPS) is 17.4. The van der Waals surface area contributed by atoms with Crippen LogP contribution >= 0.6 is 11.6 Å². The first kappa shape index (κ1) is 17.8. The van der Waals surface area contributed by atoms with Gasteiger partial charge in [-0.15, -0.1) is 0 Å².